The molecule has 3 N–H and O–H groups in total. The molecule has 2 aromatic rings. The number of benzene rings is 1. The van der Waals surface area contributed by atoms with Gasteiger partial charge in [-0.2, -0.15) is 13.2 Å². The molecule has 1 aromatic carbocycles. The van der Waals surface area contributed by atoms with Gasteiger partial charge in [0.15, 0.2) is 34.5 Å². The fraction of sp³-hybridized carbons (Fsp3) is 0.350. The van der Waals surface area contributed by atoms with Crippen molar-refractivity contribution in [3.05, 3.63) is 53.4 Å². The number of carbonyl (C=O) groups is 1. The van der Waals surface area contributed by atoms with E-state index in [0.29, 0.717) is 6.07 Å². The monoisotopic (exact) mass is 542 g/mol. The third kappa shape index (κ3) is 5.28. The molecule has 0 spiro atoms. The molecule has 0 unspecified atom stereocenters. The molecule has 7 nitrogen and oxygen atoms in total. The molecule has 190 valence electrons. The van der Waals surface area contributed by atoms with Crippen LogP contribution < -0.4 is 15.8 Å². The van der Waals surface area contributed by atoms with Crippen molar-refractivity contribution in [2.75, 3.05) is 30.9 Å². The highest BCUT2D eigenvalue weighted by Gasteiger charge is 2.61. The smallest absolute Gasteiger partial charge is 0.422 e. The maximum atomic E-state index is 15.6. The number of aromatic nitrogens is 1. The van der Waals surface area contributed by atoms with Gasteiger partial charge >= 0.3 is 6.18 Å². The van der Waals surface area contributed by atoms with Gasteiger partial charge in [-0.3, -0.25) is 4.79 Å². The zero-order valence-corrected chi connectivity index (χ0v) is 19.1. The van der Waals surface area contributed by atoms with E-state index in [4.69, 9.17) is 10.5 Å². The van der Waals surface area contributed by atoms with Crippen LogP contribution in [-0.4, -0.2) is 53.5 Å². The Kier molecular flexibility index (Phi) is 7.48. The van der Waals surface area contributed by atoms with E-state index in [1.165, 1.54) is 0 Å². The summed E-state index contributed by atoms with van der Waals surface area (Å²) in [6.07, 6.45) is -3.89. The first-order chi connectivity index (χ1) is 15.9. The second kappa shape index (κ2) is 9.74. The van der Waals surface area contributed by atoms with Gasteiger partial charge in [0.2, 0.25) is 0 Å². The van der Waals surface area contributed by atoms with E-state index in [1.54, 1.807) is 0 Å². The Morgan fingerprint density at radius 1 is 1.23 bits per heavy atom. The third-order valence-corrected chi connectivity index (χ3v) is 6.23. The van der Waals surface area contributed by atoms with Crippen LogP contribution in [0.4, 0.5) is 32.0 Å². The Balaban J connectivity index is 0.00000342. The van der Waals surface area contributed by atoms with E-state index in [-0.39, 0.29) is 47.8 Å². The molecule has 0 aliphatic carbocycles. The van der Waals surface area contributed by atoms with Gasteiger partial charge in [0.25, 0.3) is 5.91 Å². The number of hydrogen-bond acceptors (Lipinski definition) is 7. The predicted octanol–water partition coefficient (Wildman–Crippen LogP) is 3.97. The van der Waals surface area contributed by atoms with Crippen LogP contribution >= 0.6 is 24.2 Å². The number of aliphatic imine (C=N–C) groups is 1. The normalized spacial score (nSPS) is 23.7. The fourth-order valence-corrected chi connectivity index (χ4v) is 4.55. The van der Waals surface area contributed by atoms with Gasteiger partial charge in [-0.05, 0) is 18.2 Å². The van der Waals surface area contributed by atoms with Crippen molar-refractivity contribution < 1.29 is 40.6 Å². The molecule has 0 bridgehead atoms. The number of amides is 1. The lowest BCUT2D eigenvalue weighted by Gasteiger charge is -2.38. The number of fused-ring (bicyclic) bond motifs is 1. The number of carbonyl (C=O) groups excluding carboxylic acids is 1. The summed E-state index contributed by atoms with van der Waals surface area (Å²) in [6, 6.07) is 3.85. The molecule has 15 heteroatoms. The minimum atomic E-state index is -4.64. The number of rotatable bonds is 5. The molecule has 0 saturated carbocycles. The maximum absolute atomic E-state index is 15.6. The van der Waals surface area contributed by atoms with Crippen molar-refractivity contribution in [1.29, 1.82) is 0 Å². The number of ether oxygens (including phenoxy) is 2. The van der Waals surface area contributed by atoms with E-state index in [9.17, 15) is 26.7 Å². The van der Waals surface area contributed by atoms with E-state index in [2.05, 4.69) is 20.0 Å². The summed E-state index contributed by atoms with van der Waals surface area (Å²) in [5, 5.41) is 2.35. The van der Waals surface area contributed by atoms with E-state index >= 15 is 4.39 Å². The molecule has 2 atom stereocenters. The molecular formula is C20H17ClF6N4O3S. The lowest BCUT2D eigenvalue weighted by Crippen LogP contribution is -2.52. The zero-order chi connectivity index (χ0) is 24.7. The number of thioether (sulfide) groups is 1. The Bertz CT molecular complexity index is 1170. The standard InChI is InChI=1S/C20H16F6N4O3S.ClH/c21-13-2-1-10(3-12(13)19-7-32-6-18(19,23)9-34-17(27)30-19)29-16(31)15-14(22)4-11(5-28-15)33-8-20(24,25)26;/h1-5H,6-9H2,(H2,27,30)(H,29,31);1H/t18-,19-;/m1./s1. The number of alkyl halides is 4. The van der Waals surface area contributed by atoms with Crippen LogP contribution in [-0.2, 0) is 10.3 Å². The van der Waals surface area contributed by atoms with Crippen LogP contribution in [0.5, 0.6) is 5.75 Å². The SMILES string of the molecule is Cl.NC1=N[C@@]2(c3cc(NC(=O)c4ncc(OCC(F)(F)F)cc4F)ccc3F)COC[C@@]2(F)CS1. The Hall–Kier alpha value is -2.71. The largest absolute Gasteiger partial charge is 0.482 e. The molecule has 0 radical (unpaired) electrons. The fourth-order valence-electron chi connectivity index (χ4n) is 3.63. The highest BCUT2D eigenvalue weighted by molar-refractivity contribution is 8.13. The van der Waals surface area contributed by atoms with Crippen LogP contribution in [0.25, 0.3) is 0 Å². The minimum Gasteiger partial charge on any atom is -0.482 e. The van der Waals surface area contributed by atoms with Crippen molar-refractivity contribution in [2.45, 2.75) is 17.4 Å². The van der Waals surface area contributed by atoms with Crippen LogP contribution in [0.3, 0.4) is 0 Å². The number of hydrogen-bond donors (Lipinski definition) is 2. The molecule has 35 heavy (non-hydrogen) atoms. The van der Waals surface area contributed by atoms with Gasteiger partial charge in [-0.15, -0.1) is 12.4 Å². The highest BCUT2D eigenvalue weighted by Crippen LogP contribution is 2.50. The number of nitrogens with two attached hydrogens (primary N) is 1. The quantitative estimate of drug-likeness (QED) is 0.555. The second-order valence-corrected chi connectivity index (χ2v) is 8.61. The number of anilines is 1. The Labute approximate surface area is 204 Å². The summed E-state index contributed by atoms with van der Waals surface area (Å²) < 4.78 is 91.1. The van der Waals surface area contributed by atoms with Gasteiger partial charge in [0.1, 0.15) is 11.6 Å². The summed E-state index contributed by atoms with van der Waals surface area (Å²) in [5.41, 5.74) is 0.957. The van der Waals surface area contributed by atoms with Gasteiger partial charge < -0.3 is 20.5 Å². The summed E-state index contributed by atoms with van der Waals surface area (Å²) >= 11 is 0.970. The molecule has 1 saturated heterocycles. The van der Waals surface area contributed by atoms with Gasteiger partial charge in [0.05, 0.1) is 19.4 Å². The molecule has 2 aliphatic rings. The first-order valence-corrected chi connectivity index (χ1v) is 10.6. The molecular weight excluding hydrogens is 526 g/mol. The predicted molar refractivity (Wildman–Crippen MR) is 118 cm³/mol. The maximum Gasteiger partial charge on any atom is 0.422 e. The average molecular weight is 543 g/mol. The molecule has 1 amide bonds. The van der Waals surface area contributed by atoms with Crippen molar-refractivity contribution in [2.24, 2.45) is 10.7 Å². The topological polar surface area (TPSA) is 98.8 Å². The average Bonchev–Trinajstić information content (AvgIpc) is 3.10. The summed E-state index contributed by atoms with van der Waals surface area (Å²) in [5.74, 6) is -3.78. The summed E-state index contributed by atoms with van der Waals surface area (Å²) in [4.78, 5) is 20.2. The van der Waals surface area contributed by atoms with E-state index in [1.807, 2.05) is 0 Å². The number of nitrogens with one attached hydrogen (secondary N) is 1. The summed E-state index contributed by atoms with van der Waals surface area (Å²) in [6.45, 7) is -2.27. The Morgan fingerprint density at radius 2 is 1.97 bits per heavy atom. The lowest BCUT2D eigenvalue weighted by molar-refractivity contribution is -0.153. The van der Waals surface area contributed by atoms with Gasteiger partial charge in [-0.1, -0.05) is 11.8 Å². The first kappa shape index (κ1) is 26.9. The van der Waals surface area contributed by atoms with Crippen LogP contribution in [0.2, 0.25) is 0 Å². The second-order valence-electron chi connectivity index (χ2n) is 7.61. The molecule has 3 heterocycles. The van der Waals surface area contributed by atoms with Crippen LogP contribution in [0, 0.1) is 11.6 Å². The highest BCUT2D eigenvalue weighted by atomic mass is 35.5. The van der Waals surface area contributed by atoms with E-state index < -0.39 is 53.0 Å². The van der Waals surface area contributed by atoms with Gasteiger partial charge in [0, 0.05) is 23.1 Å². The number of amidine groups is 1. The van der Waals surface area contributed by atoms with E-state index in [0.717, 1.165) is 36.2 Å². The number of nitrogens with zero attached hydrogens (tertiary/aromatic N) is 2. The number of pyridine rings is 1. The first-order valence-electron chi connectivity index (χ1n) is 9.64. The zero-order valence-electron chi connectivity index (χ0n) is 17.5. The van der Waals surface area contributed by atoms with Crippen molar-refractivity contribution in [3.8, 4) is 5.75 Å². The Morgan fingerprint density at radius 3 is 2.66 bits per heavy atom. The molecule has 2 aliphatic heterocycles. The van der Waals surface area contributed by atoms with Crippen molar-refractivity contribution in [1.82, 2.24) is 4.98 Å². The minimum absolute atomic E-state index is 0. The molecule has 1 fully saturated rings. The van der Waals surface area contributed by atoms with Crippen molar-refractivity contribution in [3.63, 3.8) is 0 Å². The molecule has 4 rings (SSSR count). The van der Waals surface area contributed by atoms with Crippen molar-refractivity contribution >= 4 is 40.9 Å². The molecule has 1 aromatic heterocycles. The number of halogens is 7. The lowest BCUT2D eigenvalue weighted by atomic mass is 9.79. The van der Waals surface area contributed by atoms with Gasteiger partial charge in [-0.25, -0.2) is 23.1 Å². The van der Waals surface area contributed by atoms with Crippen LogP contribution in [0.1, 0.15) is 16.1 Å². The summed E-state index contributed by atoms with van der Waals surface area (Å²) in [7, 11) is 0. The third-order valence-electron chi connectivity index (χ3n) is 5.24. The van der Waals surface area contributed by atoms with Crippen LogP contribution in [0.15, 0.2) is 35.5 Å².